The standard InChI is InChI=1S/C23H22BrF3N2O2/c1-15(21(30)31-14-23(25,26)27)12-19-22(10-11-22)20(16-6-5-7-17(24)13-16)28-29(19)18-8-3-2-4-9-18/h2-9,13,15,19H,10-12,14H2,1H3. The predicted octanol–water partition coefficient (Wildman–Crippen LogP) is 5.95. The number of nitrogens with zero attached hydrogens (tertiary/aromatic N) is 2. The number of anilines is 1. The highest BCUT2D eigenvalue weighted by atomic mass is 79.9. The van der Waals surface area contributed by atoms with Crippen molar-refractivity contribution < 1.29 is 22.7 Å². The van der Waals surface area contributed by atoms with E-state index in [4.69, 9.17) is 5.10 Å². The third kappa shape index (κ3) is 4.63. The minimum Gasteiger partial charge on any atom is -0.456 e. The Labute approximate surface area is 187 Å². The average Bonchev–Trinajstić information content (AvgIpc) is 3.46. The fourth-order valence-electron chi connectivity index (χ4n) is 4.22. The highest BCUT2D eigenvalue weighted by Gasteiger charge is 2.60. The molecule has 0 aromatic heterocycles. The first-order valence-electron chi connectivity index (χ1n) is 10.1. The maximum atomic E-state index is 12.5. The van der Waals surface area contributed by atoms with Gasteiger partial charge in [0, 0.05) is 9.89 Å². The molecule has 0 amide bonds. The van der Waals surface area contributed by atoms with E-state index in [9.17, 15) is 18.0 Å². The molecule has 1 heterocycles. The Bertz CT molecular complexity index is 990. The molecule has 1 saturated carbocycles. The van der Waals surface area contributed by atoms with Gasteiger partial charge in [-0.05, 0) is 49.1 Å². The van der Waals surface area contributed by atoms with Crippen LogP contribution in [0.25, 0.3) is 0 Å². The molecule has 0 radical (unpaired) electrons. The van der Waals surface area contributed by atoms with Crippen LogP contribution in [0.2, 0.25) is 0 Å². The van der Waals surface area contributed by atoms with Gasteiger partial charge in [0.05, 0.1) is 23.4 Å². The molecule has 4 rings (SSSR count). The first-order chi connectivity index (χ1) is 14.7. The minimum atomic E-state index is -4.53. The number of para-hydroxylation sites is 1. The summed E-state index contributed by atoms with van der Waals surface area (Å²) in [5, 5.41) is 6.89. The van der Waals surface area contributed by atoms with Crippen molar-refractivity contribution >= 4 is 33.3 Å². The molecule has 1 spiro atoms. The normalized spacial score (nSPS) is 20.5. The van der Waals surface area contributed by atoms with Crippen molar-refractivity contribution in [2.24, 2.45) is 16.4 Å². The van der Waals surface area contributed by atoms with Crippen LogP contribution in [0.15, 0.2) is 64.2 Å². The lowest BCUT2D eigenvalue weighted by molar-refractivity contribution is -0.189. The third-order valence-corrected chi connectivity index (χ3v) is 6.37. The molecule has 164 valence electrons. The SMILES string of the molecule is CC(CC1N(c2ccccc2)N=C(c2cccc(Br)c2)C12CC2)C(=O)OCC(F)(F)F. The van der Waals surface area contributed by atoms with Crippen molar-refractivity contribution in [3.05, 3.63) is 64.6 Å². The van der Waals surface area contributed by atoms with E-state index in [1.807, 2.05) is 59.6 Å². The minimum absolute atomic E-state index is 0.141. The summed E-state index contributed by atoms with van der Waals surface area (Å²) in [5.41, 5.74) is 2.62. The maximum Gasteiger partial charge on any atom is 0.422 e. The first kappa shape index (κ1) is 21.9. The van der Waals surface area contributed by atoms with E-state index in [-0.39, 0.29) is 11.5 Å². The second-order valence-corrected chi connectivity index (χ2v) is 9.09. The number of esters is 1. The van der Waals surface area contributed by atoms with Crippen molar-refractivity contribution in [2.75, 3.05) is 11.6 Å². The summed E-state index contributed by atoms with van der Waals surface area (Å²) in [4.78, 5) is 12.3. The summed E-state index contributed by atoms with van der Waals surface area (Å²) < 4.78 is 42.8. The van der Waals surface area contributed by atoms with Crippen molar-refractivity contribution in [2.45, 2.75) is 38.4 Å². The van der Waals surface area contributed by atoms with Gasteiger partial charge in [0.1, 0.15) is 0 Å². The number of hydrogen-bond donors (Lipinski definition) is 0. The summed E-state index contributed by atoms with van der Waals surface area (Å²) in [6.45, 7) is 0.0588. The Morgan fingerprint density at radius 2 is 1.94 bits per heavy atom. The zero-order chi connectivity index (χ0) is 22.2. The van der Waals surface area contributed by atoms with Crippen LogP contribution in [0.5, 0.6) is 0 Å². The van der Waals surface area contributed by atoms with Gasteiger partial charge in [-0.3, -0.25) is 9.80 Å². The van der Waals surface area contributed by atoms with Crippen LogP contribution in [0.3, 0.4) is 0 Å². The molecule has 4 nitrogen and oxygen atoms in total. The van der Waals surface area contributed by atoms with Gasteiger partial charge < -0.3 is 4.74 Å². The molecule has 1 fully saturated rings. The number of hydrazone groups is 1. The van der Waals surface area contributed by atoms with Crippen LogP contribution in [0.1, 0.15) is 31.7 Å². The Morgan fingerprint density at radius 1 is 1.23 bits per heavy atom. The Morgan fingerprint density at radius 3 is 2.55 bits per heavy atom. The topological polar surface area (TPSA) is 41.9 Å². The molecule has 0 saturated heterocycles. The van der Waals surface area contributed by atoms with Crippen molar-refractivity contribution in [1.82, 2.24) is 0 Å². The fourth-order valence-corrected chi connectivity index (χ4v) is 4.62. The van der Waals surface area contributed by atoms with E-state index in [0.717, 1.165) is 34.3 Å². The zero-order valence-corrected chi connectivity index (χ0v) is 18.5. The van der Waals surface area contributed by atoms with Gasteiger partial charge >= 0.3 is 12.1 Å². The molecule has 2 aromatic rings. The second kappa shape index (κ2) is 8.30. The monoisotopic (exact) mass is 494 g/mol. The quantitative estimate of drug-likeness (QED) is 0.465. The zero-order valence-electron chi connectivity index (χ0n) is 16.9. The summed E-state index contributed by atoms with van der Waals surface area (Å²) in [6.07, 6.45) is -2.35. The van der Waals surface area contributed by atoms with E-state index < -0.39 is 24.7 Å². The number of carbonyl (C=O) groups excluding carboxylic acids is 1. The smallest absolute Gasteiger partial charge is 0.422 e. The highest BCUT2D eigenvalue weighted by Crippen LogP contribution is 2.58. The number of carbonyl (C=O) groups is 1. The van der Waals surface area contributed by atoms with E-state index in [1.54, 1.807) is 6.92 Å². The average molecular weight is 495 g/mol. The number of ether oxygens (including phenoxy) is 1. The molecule has 1 aliphatic heterocycles. The number of hydrogen-bond acceptors (Lipinski definition) is 4. The van der Waals surface area contributed by atoms with Crippen molar-refractivity contribution in [3.63, 3.8) is 0 Å². The molecule has 2 aromatic carbocycles. The van der Waals surface area contributed by atoms with Crippen LogP contribution in [0, 0.1) is 11.3 Å². The van der Waals surface area contributed by atoms with E-state index in [1.165, 1.54) is 0 Å². The lowest BCUT2D eigenvalue weighted by atomic mass is 9.83. The van der Waals surface area contributed by atoms with Gasteiger partial charge in [-0.15, -0.1) is 0 Å². The summed E-state index contributed by atoms with van der Waals surface area (Å²) in [5.74, 6) is -1.52. The van der Waals surface area contributed by atoms with Gasteiger partial charge in [0.2, 0.25) is 0 Å². The third-order valence-electron chi connectivity index (χ3n) is 5.88. The predicted molar refractivity (Wildman–Crippen MR) is 116 cm³/mol. The number of benzene rings is 2. The van der Waals surface area contributed by atoms with Crippen LogP contribution in [0.4, 0.5) is 18.9 Å². The molecule has 0 N–H and O–H groups in total. The lowest BCUT2D eigenvalue weighted by Gasteiger charge is -2.30. The molecule has 2 aliphatic rings. The summed E-state index contributed by atoms with van der Waals surface area (Å²) >= 11 is 3.51. The molecular weight excluding hydrogens is 473 g/mol. The molecule has 2 unspecified atom stereocenters. The summed E-state index contributed by atoms with van der Waals surface area (Å²) in [7, 11) is 0. The maximum absolute atomic E-state index is 12.5. The Hall–Kier alpha value is -2.35. The molecule has 8 heteroatoms. The number of alkyl halides is 3. The van der Waals surface area contributed by atoms with Crippen molar-refractivity contribution in [3.8, 4) is 0 Å². The van der Waals surface area contributed by atoms with E-state index in [0.29, 0.717) is 6.42 Å². The van der Waals surface area contributed by atoms with E-state index >= 15 is 0 Å². The molecule has 31 heavy (non-hydrogen) atoms. The second-order valence-electron chi connectivity index (χ2n) is 8.17. The Kier molecular flexibility index (Phi) is 5.85. The fraction of sp³-hybridized carbons (Fsp3) is 0.391. The first-order valence-corrected chi connectivity index (χ1v) is 10.9. The van der Waals surface area contributed by atoms with Gasteiger partial charge in [-0.2, -0.15) is 18.3 Å². The number of halogens is 4. The van der Waals surface area contributed by atoms with Gasteiger partial charge in [-0.1, -0.05) is 53.2 Å². The van der Waals surface area contributed by atoms with Gasteiger partial charge in [0.15, 0.2) is 6.61 Å². The van der Waals surface area contributed by atoms with Crippen molar-refractivity contribution in [1.29, 1.82) is 0 Å². The lowest BCUT2D eigenvalue weighted by Crippen LogP contribution is -2.38. The summed E-state index contributed by atoms with van der Waals surface area (Å²) in [6, 6.07) is 17.4. The molecule has 0 bridgehead atoms. The van der Waals surface area contributed by atoms with Gasteiger partial charge in [0.25, 0.3) is 0 Å². The van der Waals surface area contributed by atoms with E-state index in [2.05, 4.69) is 20.7 Å². The van der Waals surface area contributed by atoms with Crippen LogP contribution < -0.4 is 5.01 Å². The highest BCUT2D eigenvalue weighted by molar-refractivity contribution is 9.10. The largest absolute Gasteiger partial charge is 0.456 e. The van der Waals surface area contributed by atoms with Crippen LogP contribution in [-0.2, 0) is 9.53 Å². The van der Waals surface area contributed by atoms with Crippen LogP contribution >= 0.6 is 15.9 Å². The van der Waals surface area contributed by atoms with Crippen LogP contribution in [-0.4, -0.2) is 30.5 Å². The Balaban J connectivity index is 1.62. The molecule has 2 atom stereocenters. The van der Waals surface area contributed by atoms with Gasteiger partial charge in [-0.25, -0.2) is 0 Å². The number of rotatable bonds is 6. The molecular formula is C23H22BrF3N2O2. The molecule has 1 aliphatic carbocycles.